The summed E-state index contributed by atoms with van der Waals surface area (Å²) in [6.07, 6.45) is 1.74. The molecule has 0 spiro atoms. The smallest absolute Gasteiger partial charge is 0.374 e. The number of carbonyl (C=O) groups is 3. The van der Waals surface area contributed by atoms with Crippen molar-refractivity contribution in [2.75, 3.05) is 6.61 Å². The zero-order valence-corrected chi connectivity index (χ0v) is 18.8. The summed E-state index contributed by atoms with van der Waals surface area (Å²) < 4.78 is 10.6. The van der Waals surface area contributed by atoms with Gasteiger partial charge in [-0.25, -0.2) is 9.59 Å². The van der Waals surface area contributed by atoms with Gasteiger partial charge in [0.2, 0.25) is 5.76 Å². The third-order valence-electron chi connectivity index (χ3n) is 5.75. The molecule has 0 saturated heterocycles. The van der Waals surface area contributed by atoms with Gasteiger partial charge in [0.15, 0.2) is 5.54 Å². The monoisotopic (exact) mass is 455 g/mol. The lowest BCUT2D eigenvalue weighted by atomic mass is 9.73. The Balaban J connectivity index is 1.86. The second-order valence-electron chi connectivity index (χ2n) is 7.98. The minimum atomic E-state index is -1.49. The van der Waals surface area contributed by atoms with Gasteiger partial charge in [-0.1, -0.05) is 78.9 Å². The molecule has 0 unspecified atom stereocenters. The van der Waals surface area contributed by atoms with E-state index in [0.717, 1.165) is 11.1 Å². The van der Waals surface area contributed by atoms with Gasteiger partial charge in [0.25, 0.3) is 5.91 Å². The van der Waals surface area contributed by atoms with Crippen LogP contribution in [0.15, 0.2) is 103 Å². The van der Waals surface area contributed by atoms with Crippen molar-refractivity contribution >= 4 is 17.8 Å². The summed E-state index contributed by atoms with van der Waals surface area (Å²) in [5, 5.41) is 2.98. The molecule has 2 atom stereocenters. The highest BCUT2D eigenvalue weighted by Gasteiger charge is 2.52. The van der Waals surface area contributed by atoms with Crippen molar-refractivity contribution < 1.29 is 23.9 Å². The zero-order valence-electron chi connectivity index (χ0n) is 18.8. The summed E-state index contributed by atoms with van der Waals surface area (Å²) in [7, 11) is 0. The van der Waals surface area contributed by atoms with Gasteiger partial charge < -0.3 is 14.8 Å². The van der Waals surface area contributed by atoms with Gasteiger partial charge >= 0.3 is 11.9 Å². The maximum Gasteiger partial charge on any atom is 0.374 e. The van der Waals surface area contributed by atoms with Gasteiger partial charge in [-0.05, 0) is 36.3 Å². The Labute approximate surface area is 198 Å². The largest absolute Gasteiger partial charge is 0.460 e. The van der Waals surface area contributed by atoms with Crippen LogP contribution in [0.5, 0.6) is 0 Å². The molecule has 172 valence electrons. The number of rotatable bonds is 7. The van der Waals surface area contributed by atoms with Crippen LogP contribution in [0.3, 0.4) is 0 Å². The van der Waals surface area contributed by atoms with Crippen LogP contribution >= 0.6 is 0 Å². The second-order valence-corrected chi connectivity index (χ2v) is 7.98. The lowest BCUT2D eigenvalue weighted by Crippen LogP contribution is -2.62. The molecule has 3 aromatic carbocycles. The van der Waals surface area contributed by atoms with Crippen molar-refractivity contribution in [1.82, 2.24) is 5.32 Å². The van der Waals surface area contributed by atoms with E-state index in [1.165, 1.54) is 0 Å². The van der Waals surface area contributed by atoms with Crippen molar-refractivity contribution in [1.29, 1.82) is 0 Å². The molecule has 0 bridgehead atoms. The van der Waals surface area contributed by atoms with E-state index in [1.807, 2.05) is 66.7 Å². The van der Waals surface area contributed by atoms with E-state index < -0.39 is 29.3 Å². The third-order valence-corrected chi connectivity index (χ3v) is 5.75. The fraction of sp³-hybridized carbons (Fsp3) is 0.179. The van der Waals surface area contributed by atoms with E-state index in [2.05, 4.69) is 5.32 Å². The molecule has 0 saturated carbocycles. The normalized spacial score (nSPS) is 19.5. The van der Waals surface area contributed by atoms with Gasteiger partial charge in [-0.3, -0.25) is 4.79 Å². The molecule has 6 nitrogen and oxygen atoms in total. The Bertz CT molecular complexity index is 1190. The molecule has 0 radical (unpaired) electrons. The topological polar surface area (TPSA) is 81.7 Å². The number of nitrogens with one attached hydrogen (secondary N) is 1. The lowest BCUT2D eigenvalue weighted by molar-refractivity contribution is -0.157. The molecule has 0 fully saturated rings. The van der Waals surface area contributed by atoms with E-state index in [-0.39, 0.29) is 18.8 Å². The van der Waals surface area contributed by atoms with Crippen molar-refractivity contribution in [3.63, 3.8) is 0 Å². The molecule has 1 aliphatic heterocycles. The maximum atomic E-state index is 13.7. The number of amides is 1. The molecule has 1 aliphatic rings. The summed E-state index contributed by atoms with van der Waals surface area (Å²) in [4.78, 5) is 39.5. The summed E-state index contributed by atoms with van der Waals surface area (Å²) in [5.41, 5.74) is 0.507. The summed E-state index contributed by atoms with van der Waals surface area (Å²) in [6.45, 7) is 1.82. The number of ether oxygens (including phenoxy) is 2. The van der Waals surface area contributed by atoms with Crippen LogP contribution < -0.4 is 5.32 Å². The first-order valence-corrected chi connectivity index (χ1v) is 11.1. The van der Waals surface area contributed by atoms with Crippen LogP contribution in [0.1, 0.15) is 34.3 Å². The Morgan fingerprint density at radius 2 is 1.50 bits per heavy atom. The van der Waals surface area contributed by atoms with E-state index in [0.29, 0.717) is 5.56 Å². The number of cyclic esters (lactones) is 1. The molecule has 34 heavy (non-hydrogen) atoms. The predicted octanol–water partition coefficient (Wildman–Crippen LogP) is 4.19. The van der Waals surface area contributed by atoms with Crippen LogP contribution in [-0.4, -0.2) is 30.0 Å². The third kappa shape index (κ3) is 4.76. The van der Waals surface area contributed by atoms with E-state index in [4.69, 9.17) is 9.47 Å². The van der Waals surface area contributed by atoms with Gasteiger partial charge in [0.1, 0.15) is 0 Å². The van der Waals surface area contributed by atoms with Gasteiger partial charge in [-0.15, -0.1) is 0 Å². The molecule has 4 rings (SSSR count). The second kappa shape index (κ2) is 10.2. The Hall–Kier alpha value is -4.19. The standard InChI is InChI=1S/C28H25NO5/c1-2-33-26(31)24-18-23(21-14-8-4-9-15-21)28(27(32)34-24,19-20-12-6-3-7-13-20)29-25(30)22-16-10-5-11-17-22/h3-18,23H,2,19H2,1H3,(H,29,30)/t23-,28+/m0/s1. The van der Waals surface area contributed by atoms with Crippen molar-refractivity contribution in [2.24, 2.45) is 0 Å². The zero-order chi connectivity index (χ0) is 24.0. The number of hydrogen-bond donors (Lipinski definition) is 1. The number of benzene rings is 3. The van der Waals surface area contributed by atoms with Crippen LogP contribution in [-0.2, 0) is 25.5 Å². The number of hydrogen-bond acceptors (Lipinski definition) is 5. The van der Waals surface area contributed by atoms with Crippen LogP contribution in [0, 0.1) is 0 Å². The quantitative estimate of drug-likeness (QED) is 0.541. The lowest BCUT2D eigenvalue weighted by Gasteiger charge is -2.41. The minimum absolute atomic E-state index is 0.142. The highest BCUT2D eigenvalue weighted by molar-refractivity contribution is 6.01. The van der Waals surface area contributed by atoms with Crippen molar-refractivity contribution in [3.05, 3.63) is 120 Å². The average molecular weight is 456 g/mol. The van der Waals surface area contributed by atoms with Gasteiger partial charge in [0.05, 0.1) is 6.61 Å². The fourth-order valence-corrected chi connectivity index (χ4v) is 4.14. The first-order valence-electron chi connectivity index (χ1n) is 11.1. The number of carbonyl (C=O) groups excluding carboxylic acids is 3. The van der Waals surface area contributed by atoms with E-state index in [9.17, 15) is 14.4 Å². The Morgan fingerprint density at radius 1 is 0.912 bits per heavy atom. The fourth-order valence-electron chi connectivity index (χ4n) is 4.14. The predicted molar refractivity (Wildman–Crippen MR) is 127 cm³/mol. The molecule has 1 heterocycles. The molecule has 0 aromatic heterocycles. The van der Waals surface area contributed by atoms with E-state index >= 15 is 0 Å². The SMILES string of the molecule is CCOC(=O)C1=C[C@@H](c2ccccc2)[C@@](Cc2ccccc2)(NC(=O)c2ccccc2)C(=O)O1. The Morgan fingerprint density at radius 3 is 2.12 bits per heavy atom. The number of esters is 2. The van der Waals surface area contributed by atoms with Gasteiger partial charge in [0, 0.05) is 17.9 Å². The van der Waals surface area contributed by atoms with Crippen molar-refractivity contribution in [2.45, 2.75) is 24.8 Å². The van der Waals surface area contributed by atoms with Crippen LogP contribution in [0.4, 0.5) is 0 Å². The first-order chi connectivity index (χ1) is 16.5. The highest BCUT2D eigenvalue weighted by Crippen LogP contribution is 2.39. The molecule has 3 aromatic rings. The summed E-state index contributed by atoms with van der Waals surface area (Å²) >= 11 is 0. The average Bonchev–Trinajstić information content (AvgIpc) is 2.87. The molecular weight excluding hydrogens is 430 g/mol. The van der Waals surface area contributed by atoms with Crippen LogP contribution in [0.25, 0.3) is 0 Å². The molecule has 6 heteroatoms. The van der Waals surface area contributed by atoms with Gasteiger partial charge in [-0.2, -0.15) is 0 Å². The molecular formula is C28H25NO5. The molecule has 1 amide bonds. The van der Waals surface area contributed by atoms with E-state index in [1.54, 1.807) is 37.3 Å². The summed E-state index contributed by atoms with van der Waals surface area (Å²) in [5.74, 6) is -2.72. The molecule has 1 N–H and O–H groups in total. The Kier molecular flexibility index (Phi) is 6.87. The minimum Gasteiger partial charge on any atom is -0.460 e. The summed E-state index contributed by atoms with van der Waals surface area (Å²) in [6, 6.07) is 27.3. The van der Waals surface area contributed by atoms with Crippen molar-refractivity contribution in [3.8, 4) is 0 Å². The maximum absolute atomic E-state index is 13.7. The highest BCUT2D eigenvalue weighted by atomic mass is 16.6. The molecule has 0 aliphatic carbocycles. The first kappa shape index (κ1) is 23.0. The van der Waals surface area contributed by atoms with Crippen LogP contribution in [0.2, 0.25) is 0 Å².